The predicted molar refractivity (Wildman–Crippen MR) is 79.3 cm³/mol. The highest BCUT2D eigenvalue weighted by molar-refractivity contribution is 9.10. The number of nitrogens with one attached hydrogen (secondary N) is 2. The van der Waals surface area contributed by atoms with Gasteiger partial charge in [0.25, 0.3) is 5.91 Å². The molecular weight excluding hydrogens is 316 g/mol. The van der Waals surface area contributed by atoms with E-state index in [1.54, 1.807) is 0 Å². The van der Waals surface area contributed by atoms with Crippen LogP contribution in [0.4, 0.5) is 0 Å². The van der Waals surface area contributed by atoms with Gasteiger partial charge in [0, 0.05) is 17.1 Å². The largest absolute Gasteiger partial charge is 0.348 e. The summed E-state index contributed by atoms with van der Waals surface area (Å²) in [5, 5.41) is 6.40. The molecule has 0 spiro atoms. The first-order valence-electron chi connectivity index (χ1n) is 5.94. The molecule has 1 amide bonds. The monoisotopic (exact) mass is 332 g/mol. The molecule has 0 aliphatic carbocycles. The summed E-state index contributed by atoms with van der Waals surface area (Å²) in [4.78, 5) is 12.1. The van der Waals surface area contributed by atoms with Crippen LogP contribution in [0.15, 0.2) is 28.7 Å². The molecule has 2 N–H and O–H groups in total. The van der Waals surface area contributed by atoms with E-state index in [4.69, 9.17) is 0 Å². The second kappa shape index (κ2) is 7.12. The van der Waals surface area contributed by atoms with Crippen LogP contribution in [0.25, 0.3) is 0 Å². The fourth-order valence-corrected chi connectivity index (χ4v) is 2.54. The molecule has 1 aliphatic heterocycles. The van der Waals surface area contributed by atoms with Crippen LogP contribution >= 0.6 is 28.3 Å². The van der Waals surface area contributed by atoms with E-state index in [9.17, 15) is 4.79 Å². The quantitative estimate of drug-likeness (QED) is 0.873. The van der Waals surface area contributed by atoms with Crippen molar-refractivity contribution in [3.05, 3.63) is 34.3 Å². The van der Waals surface area contributed by atoms with Gasteiger partial charge in [-0.2, -0.15) is 0 Å². The first-order chi connectivity index (χ1) is 8.18. The van der Waals surface area contributed by atoms with E-state index in [2.05, 4.69) is 33.5 Å². The summed E-state index contributed by atoms with van der Waals surface area (Å²) in [6.07, 6.45) is 1.11. The van der Waals surface area contributed by atoms with E-state index in [0.29, 0.717) is 11.5 Å². The Kier molecular flexibility index (Phi) is 6.12. The van der Waals surface area contributed by atoms with E-state index in [1.165, 1.54) is 0 Å². The molecule has 0 bridgehead atoms. The second-order valence-electron chi connectivity index (χ2n) is 4.53. The fraction of sp³-hybridized carbons (Fsp3) is 0.462. The van der Waals surface area contributed by atoms with Gasteiger partial charge in [-0.3, -0.25) is 4.79 Å². The molecule has 1 aromatic rings. The maximum absolute atomic E-state index is 12.1. The Bertz CT molecular complexity index is 414. The van der Waals surface area contributed by atoms with E-state index in [-0.39, 0.29) is 24.4 Å². The van der Waals surface area contributed by atoms with E-state index in [0.717, 1.165) is 24.0 Å². The number of benzene rings is 1. The van der Waals surface area contributed by atoms with Crippen LogP contribution in [0, 0.1) is 5.92 Å². The highest BCUT2D eigenvalue weighted by atomic mass is 79.9. The molecule has 2 atom stereocenters. The van der Waals surface area contributed by atoms with Gasteiger partial charge in [0.15, 0.2) is 0 Å². The lowest BCUT2D eigenvalue weighted by Crippen LogP contribution is -2.50. The maximum Gasteiger partial charge on any atom is 0.252 e. The molecule has 1 saturated heterocycles. The molecule has 1 aromatic carbocycles. The topological polar surface area (TPSA) is 41.1 Å². The number of halogens is 2. The zero-order valence-corrected chi connectivity index (χ0v) is 12.7. The number of carbonyl (C=O) groups is 1. The number of hydrogen-bond acceptors (Lipinski definition) is 2. The van der Waals surface area contributed by atoms with Crippen molar-refractivity contribution in [2.75, 3.05) is 13.1 Å². The Morgan fingerprint density at radius 2 is 2.17 bits per heavy atom. The average Bonchev–Trinajstić information content (AvgIpc) is 2.32. The summed E-state index contributed by atoms with van der Waals surface area (Å²) in [5.41, 5.74) is 0.699. The number of piperidine rings is 1. The third-order valence-corrected chi connectivity index (χ3v) is 3.95. The van der Waals surface area contributed by atoms with E-state index >= 15 is 0 Å². The molecule has 0 aromatic heterocycles. The Morgan fingerprint density at radius 3 is 2.83 bits per heavy atom. The summed E-state index contributed by atoms with van der Waals surface area (Å²) in [6.45, 7) is 4.09. The first-order valence-corrected chi connectivity index (χ1v) is 6.74. The lowest BCUT2D eigenvalue weighted by Gasteiger charge is -2.30. The van der Waals surface area contributed by atoms with Gasteiger partial charge in [0.2, 0.25) is 0 Å². The smallest absolute Gasteiger partial charge is 0.252 e. The molecule has 1 fully saturated rings. The van der Waals surface area contributed by atoms with Crippen molar-refractivity contribution in [1.29, 1.82) is 0 Å². The maximum atomic E-state index is 12.1. The van der Waals surface area contributed by atoms with Gasteiger partial charge in [-0.15, -0.1) is 12.4 Å². The van der Waals surface area contributed by atoms with Gasteiger partial charge < -0.3 is 10.6 Å². The predicted octanol–water partition coefficient (Wildman–Crippen LogP) is 2.60. The summed E-state index contributed by atoms with van der Waals surface area (Å²) in [6, 6.07) is 7.73. The van der Waals surface area contributed by atoms with Crippen molar-refractivity contribution in [3.8, 4) is 0 Å². The molecule has 3 nitrogen and oxygen atoms in total. The number of hydrogen-bond donors (Lipinski definition) is 2. The molecular formula is C13H18BrClN2O. The van der Waals surface area contributed by atoms with Crippen molar-refractivity contribution >= 4 is 34.2 Å². The fourth-order valence-electron chi connectivity index (χ4n) is 2.07. The van der Waals surface area contributed by atoms with Crippen molar-refractivity contribution in [3.63, 3.8) is 0 Å². The third kappa shape index (κ3) is 3.70. The zero-order valence-electron chi connectivity index (χ0n) is 10.3. The van der Waals surface area contributed by atoms with Crippen LogP contribution < -0.4 is 10.6 Å². The highest BCUT2D eigenvalue weighted by Crippen LogP contribution is 2.17. The van der Waals surface area contributed by atoms with Crippen LogP contribution in [-0.2, 0) is 0 Å². The molecule has 0 saturated carbocycles. The van der Waals surface area contributed by atoms with Gasteiger partial charge in [-0.25, -0.2) is 0 Å². The summed E-state index contributed by atoms with van der Waals surface area (Å²) >= 11 is 3.40. The normalized spacial score (nSPS) is 23.0. The van der Waals surface area contributed by atoms with Crippen molar-refractivity contribution < 1.29 is 4.79 Å². The Balaban J connectivity index is 0.00000162. The lowest BCUT2D eigenvalue weighted by atomic mass is 9.94. The van der Waals surface area contributed by atoms with Crippen molar-refractivity contribution in [1.82, 2.24) is 10.6 Å². The lowest BCUT2D eigenvalue weighted by molar-refractivity contribution is 0.0914. The molecule has 100 valence electrons. The molecule has 0 radical (unpaired) electrons. The van der Waals surface area contributed by atoms with Gasteiger partial charge in [0.05, 0.1) is 5.56 Å². The Morgan fingerprint density at radius 1 is 1.44 bits per heavy atom. The third-order valence-electron chi connectivity index (χ3n) is 3.26. The van der Waals surface area contributed by atoms with Crippen LogP contribution in [0.2, 0.25) is 0 Å². The molecule has 1 heterocycles. The van der Waals surface area contributed by atoms with Crippen LogP contribution in [0.5, 0.6) is 0 Å². The number of rotatable bonds is 2. The minimum atomic E-state index is -0.00183. The minimum absolute atomic E-state index is 0. The van der Waals surface area contributed by atoms with Gasteiger partial charge in [0.1, 0.15) is 0 Å². The Labute approximate surface area is 122 Å². The average molecular weight is 334 g/mol. The van der Waals surface area contributed by atoms with Crippen molar-refractivity contribution in [2.45, 2.75) is 19.4 Å². The second-order valence-corrected chi connectivity index (χ2v) is 5.38. The molecule has 18 heavy (non-hydrogen) atoms. The van der Waals surface area contributed by atoms with Crippen LogP contribution in [0.1, 0.15) is 23.7 Å². The summed E-state index contributed by atoms with van der Waals surface area (Å²) < 4.78 is 0.842. The summed E-state index contributed by atoms with van der Waals surface area (Å²) in [7, 11) is 0. The Hall–Kier alpha value is -0.580. The minimum Gasteiger partial charge on any atom is -0.348 e. The van der Waals surface area contributed by atoms with Crippen LogP contribution in [-0.4, -0.2) is 25.0 Å². The van der Waals surface area contributed by atoms with E-state index in [1.807, 2.05) is 24.3 Å². The molecule has 5 heteroatoms. The van der Waals surface area contributed by atoms with Crippen molar-refractivity contribution in [2.24, 2.45) is 5.92 Å². The number of carbonyl (C=O) groups excluding carboxylic acids is 1. The van der Waals surface area contributed by atoms with E-state index < -0.39 is 0 Å². The molecule has 2 unspecified atom stereocenters. The zero-order chi connectivity index (χ0) is 12.3. The molecule has 2 rings (SSSR count). The molecule has 1 aliphatic rings. The van der Waals surface area contributed by atoms with Crippen LogP contribution in [0.3, 0.4) is 0 Å². The SMILES string of the molecule is CC1CCNCC1NC(=O)c1ccccc1Br.Cl. The number of amides is 1. The standard InChI is InChI=1S/C13H17BrN2O.ClH/c1-9-6-7-15-8-12(9)16-13(17)10-4-2-3-5-11(10)14;/h2-5,9,12,15H,6-8H2,1H3,(H,16,17);1H. The van der Waals surface area contributed by atoms with Gasteiger partial charge >= 0.3 is 0 Å². The highest BCUT2D eigenvalue weighted by Gasteiger charge is 2.23. The first kappa shape index (κ1) is 15.5. The van der Waals surface area contributed by atoms with Gasteiger partial charge in [-0.1, -0.05) is 19.1 Å². The summed E-state index contributed by atoms with van der Waals surface area (Å²) in [5.74, 6) is 0.528. The van der Waals surface area contributed by atoms with Gasteiger partial charge in [-0.05, 0) is 46.9 Å².